The number of H-pyrrole nitrogens is 1. The van der Waals surface area contributed by atoms with Crippen LogP contribution >= 0.6 is 43.2 Å². The van der Waals surface area contributed by atoms with Gasteiger partial charge >= 0.3 is 5.97 Å². The van der Waals surface area contributed by atoms with Crippen molar-refractivity contribution in [2.45, 2.75) is 223 Å². The summed E-state index contributed by atoms with van der Waals surface area (Å²) in [6, 6.07) is -2.34. The molecule has 8 rings (SSSR count). The highest BCUT2D eigenvalue weighted by Crippen LogP contribution is 2.28. The number of aliphatic hydroxyl groups is 1. The predicted molar refractivity (Wildman–Crippen MR) is 552 cm³/mol. The number of nitrogens with two attached hydrogens (primary N) is 1. The van der Waals surface area contributed by atoms with Crippen LogP contribution in [-0.4, -0.2) is 315 Å². The smallest absolute Gasteiger partial charge is 0.326 e. The SMILES string of the molecule is CC[C@H](C)C1NC(=O)[C@H](C)NC(=O)[C@H](Cc2ccc(O)cc2)NC(=O)CNC(=O)C2CSSCC3NC(=O)CC(NC(=O)[C@H](CC(N)=O)NC(=O)C(CSSC[C@@H](C(=O)N[C@@H](Cc4ccccc4)C(=O)N[C@@H](Cc4c[nH]c5ccccc45)C(=O)O)NC(=O)[C@H](C(C)C)NC1=O)NC(=O)[C@H](CO)NC(=O)CNC(=O)[C@H](C(C)C)NC(=O)CNC(=O)[C@H](CC(C)C)NC3=O)C(=O)N[C@H](Cc1ccccc1)C(=O)N[C@@H](C)C(=O)NCC(=O)N2. The van der Waals surface area contributed by atoms with Gasteiger partial charge in [-0.1, -0.05) is 196 Å². The molecule has 0 radical (unpaired) electrons. The number of phenols is 1. The molecule has 18 atom stereocenters. The first-order valence-electron chi connectivity index (χ1n) is 48.4. The molecule has 3 fully saturated rings. The molecule has 4 heterocycles. The zero-order valence-electron chi connectivity index (χ0n) is 84.1. The largest absolute Gasteiger partial charge is 0.508 e. The van der Waals surface area contributed by atoms with E-state index in [0.717, 1.165) is 21.6 Å². The first-order chi connectivity index (χ1) is 71.2. The van der Waals surface area contributed by atoms with Crippen molar-refractivity contribution < 1.29 is 126 Å². The average molecular weight is 2160 g/mol. The Morgan fingerprint density at radius 1 is 0.400 bits per heavy atom. The molecule has 0 aliphatic carbocycles. The molecule has 3 saturated heterocycles. The zero-order valence-corrected chi connectivity index (χ0v) is 87.3. The lowest BCUT2D eigenvalue weighted by Gasteiger charge is -2.30. The number of carbonyl (C=O) groups is 23. The number of aromatic nitrogens is 1. The fourth-order valence-electron chi connectivity index (χ4n) is 15.4. The van der Waals surface area contributed by atoms with Crippen LogP contribution in [0.1, 0.15) is 117 Å². The van der Waals surface area contributed by atoms with E-state index in [1.807, 2.05) is 0 Å². The van der Waals surface area contributed by atoms with Gasteiger partial charge in [-0.25, -0.2) is 4.79 Å². The van der Waals surface area contributed by atoms with Crippen molar-refractivity contribution in [2.24, 2.45) is 29.4 Å². The number of carboxylic acid groups (broad SMARTS) is 1. The third-order valence-corrected chi connectivity index (χ3v) is 28.8. The lowest BCUT2D eigenvalue weighted by atomic mass is 9.96. The third-order valence-electron chi connectivity index (χ3n) is 24.0. The van der Waals surface area contributed by atoms with Gasteiger partial charge in [0.25, 0.3) is 0 Å². The van der Waals surface area contributed by atoms with Gasteiger partial charge in [-0.05, 0) is 84.4 Å². The first kappa shape index (κ1) is 121. The van der Waals surface area contributed by atoms with Gasteiger partial charge in [-0.3, -0.25) is 105 Å². The van der Waals surface area contributed by atoms with E-state index >= 15 is 38.4 Å². The number of rotatable bonds is 22. The number of para-hydroxylation sites is 1. The highest BCUT2D eigenvalue weighted by atomic mass is 33.1. The van der Waals surface area contributed by atoms with Crippen LogP contribution in [0.15, 0.2) is 115 Å². The van der Waals surface area contributed by atoms with Crippen LogP contribution in [0.4, 0.5) is 0 Å². The van der Waals surface area contributed by atoms with Crippen molar-refractivity contribution in [1.29, 1.82) is 0 Å². The minimum absolute atomic E-state index is 0.170. The summed E-state index contributed by atoms with van der Waals surface area (Å²) in [6.45, 7) is 9.93. The lowest BCUT2D eigenvalue weighted by molar-refractivity contribution is -0.142. The normalized spacial score (nSPS) is 24.8. The Bertz CT molecular complexity index is 5670. The number of amides is 22. The highest BCUT2D eigenvalue weighted by Gasteiger charge is 2.42. The van der Waals surface area contributed by atoms with Crippen molar-refractivity contribution >= 4 is 190 Å². The number of primary amides is 1. The molecule has 5 aromatic rings. The van der Waals surface area contributed by atoms with Crippen molar-refractivity contribution in [3.63, 3.8) is 0 Å². The summed E-state index contributed by atoms with van der Waals surface area (Å²) >= 11 is 0. The third kappa shape index (κ3) is 38.8. The molecule has 4 aromatic carbocycles. The number of aliphatic hydroxyl groups excluding tert-OH is 1. The first-order valence-corrected chi connectivity index (χ1v) is 53.4. The number of nitrogens with one attached hydrogen (secondary N) is 22. The number of aliphatic carboxylic acids is 1. The van der Waals surface area contributed by atoms with Crippen LogP contribution in [-0.2, 0) is 136 Å². The van der Waals surface area contributed by atoms with Gasteiger partial charge < -0.3 is 138 Å². The topological polar surface area (TPSA) is 748 Å². The Labute approximate surface area is 879 Å². The molecule has 3 aliphatic rings. The molecule has 814 valence electrons. The number of phenolic OH excluding ortho intramolecular Hbond substituents is 1. The highest BCUT2D eigenvalue weighted by molar-refractivity contribution is 8.77. The van der Waals surface area contributed by atoms with Crippen molar-refractivity contribution in [3.8, 4) is 5.75 Å². The summed E-state index contributed by atoms with van der Waals surface area (Å²) in [5, 5.41) is 84.2. The van der Waals surface area contributed by atoms with Crippen LogP contribution < -0.4 is 117 Å². The Kier molecular flexibility index (Phi) is 47.9. The summed E-state index contributed by atoms with van der Waals surface area (Å²) in [5.74, 6) is -32.8. The molecule has 4 bridgehead atoms. The van der Waals surface area contributed by atoms with Gasteiger partial charge in [0, 0.05) is 65.8 Å². The number of hydrogen-bond acceptors (Lipinski definition) is 29. The van der Waals surface area contributed by atoms with Crippen molar-refractivity contribution in [3.05, 3.63) is 138 Å². The summed E-state index contributed by atoms with van der Waals surface area (Å²) in [6.07, 6.45) is -2.37. The number of aromatic amines is 1. The summed E-state index contributed by atoms with van der Waals surface area (Å²) in [4.78, 5) is 339. The number of carbonyl (C=O) groups excluding carboxylic acids is 22. The second kappa shape index (κ2) is 59.5. The second-order valence-corrected chi connectivity index (χ2v) is 42.3. The molecular formula is C97H131N23O26S4. The molecule has 150 heavy (non-hydrogen) atoms. The molecule has 3 aliphatic heterocycles. The second-order valence-electron chi connectivity index (χ2n) is 37.2. The molecule has 27 N–H and O–H groups in total. The quantitative estimate of drug-likeness (QED) is 0.0287. The summed E-state index contributed by atoms with van der Waals surface area (Å²) in [5.41, 5.74) is 8.02. The van der Waals surface area contributed by atoms with E-state index in [2.05, 4.69) is 117 Å². The molecule has 53 heteroatoms. The number of hydrogen-bond donors (Lipinski definition) is 26. The molecule has 49 nitrogen and oxygen atoms in total. The average Bonchev–Trinajstić information content (AvgIpc) is 1.63. The van der Waals surface area contributed by atoms with E-state index in [0.29, 0.717) is 54.7 Å². The lowest BCUT2D eigenvalue weighted by Crippen LogP contribution is -2.62. The molecule has 22 amide bonds. The van der Waals surface area contributed by atoms with Crippen molar-refractivity contribution in [2.75, 3.05) is 55.8 Å². The fourth-order valence-corrected chi connectivity index (χ4v) is 20.1. The molecular weight excluding hydrogens is 2030 g/mol. The minimum Gasteiger partial charge on any atom is -0.508 e. The van der Waals surface area contributed by atoms with E-state index < -0.39 is 337 Å². The van der Waals surface area contributed by atoms with Gasteiger partial charge in [0.05, 0.1) is 45.6 Å². The van der Waals surface area contributed by atoms with Gasteiger partial charge in [-0.2, -0.15) is 0 Å². The van der Waals surface area contributed by atoms with E-state index in [-0.39, 0.29) is 37.9 Å². The molecule has 1 aromatic heterocycles. The summed E-state index contributed by atoms with van der Waals surface area (Å²) < 4.78 is 0. The fraction of sp³-hybridized carbons (Fsp3) is 0.495. The van der Waals surface area contributed by atoms with E-state index in [1.165, 1.54) is 77.9 Å². The van der Waals surface area contributed by atoms with E-state index in [9.17, 15) is 87.2 Å². The molecule has 0 saturated carbocycles. The predicted octanol–water partition coefficient (Wildman–Crippen LogP) is -5.56. The zero-order chi connectivity index (χ0) is 110. The van der Waals surface area contributed by atoms with Gasteiger partial charge in [0.15, 0.2) is 0 Å². The van der Waals surface area contributed by atoms with Gasteiger partial charge in [-0.15, -0.1) is 0 Å². The maximum absolute atomic E-state index is 15.6. The van der Waals surface area contributed by atoms with Crippen LogP contribution in [0, 0.1) is 23.7 Å². The minimum atomic E-state index is -2.32. The molecule has 5 unspecified atom stereocenters. The van der Waals surface area contributed by atoms with Crippen LogP contribution in [0.5, 0.6) is 5.75 Å². The van der Waals surface area contributed by atoms with Crippen molar-refractivity contribution in [1.82, 2.24) is 117 Å². The Hall–Kier alpha value is -14.6. The Morgan fingerprint density at radius 3 is 1.42 bits per heavy atom. The van der Waals surface area contributed by atoms with Crippen LogP contribution in [0.3, 0.4) is 0 Å². The van der Waals surface area contributed by atoms with Crippen LogP contribution in [0.25, 0.3) is 10.9 Å². The maximum atomic E-state index is 15.6. The Morgan fingerprint density at radius 2 is 0.847 bits per heavy atom. The number of aromatic hydroxyl groups is 1. The standard InChI is InChI=1S/C97H131N23O26S4/c1-11-50(8)80-96(144)119-79(49(6)7)95(143)117-71(93(141)112-63(32-54-22-16-13-17-23-54)87(135)115-66(97(145)146)34-56-37-99-59-25-19-18-24-58(56)59)46-150-149-45-70-92(140)113-64(35-72(98)123)88(136)114-65-36-73(124)108-69(91(139)110-60(30-47(2)3)83(131)101-41-77(128)118-78(48(4)5)94(142)103-40-75(126)107-67(42-121)90(138)116-70)44-148-147-43-68(109-76(127)38-100-81(129)51(9)104-86(134)62(111-89(65)137)31-53-20-14-12-15-21-53)84(132)102-39-74(125)106-61(33-55-26-28-57(122)29-27-55)85(133)105-52(10)82(130)120-80/h12-29,37,47-52,60-71,78-80,99,121-122H,11,30-36,38-46H2,1-10H3,(H2,98,123)(H,100,129)(H,101,131)(H,102,132)(H,103,142)(H,104,134)(H,105,133)(H,106,125)(H,107,126)(H,108,124)(H,109,127)(H,110,139)(H,111,137)(H,112,141)(H,113,140)(H,114,136)(H,115,135)(H,116,138)(H,117,143)(H,118,128)(H,119,144)(H,120,130)(H,145,146)/t50-,51-,52-,60-,61-,62+,63-,64-,65?,66-,67-,68?,69?,70?,71-,78-,79-,80?/m0/s1. The van der Waals surface area contributed by atoms with E-state index in [1.54, 1.807) is 107 Å². The number of fused-ring (bicyclic) bond motifs is 10. The summed E-state index contributed by atoms with van der Waals surface area (Å²) in [7, 11) is 2.72. The molecule has 0 spiro atoms. The van der Waals surface area contributed by atoms with Crippen LogP contribution in [0.2, 0.25) is 0 Å². The number of carboxylic acids is 1. The van der Waals surface area contributed by atoms with Gasteiger partial charge in [0.1, 0.15) is 108 Å². The monoisotopic (exact) mass is 2160 g/mol. The number of benzene rings is 4. The Balaban J connectivity index is 1.31. The maximum Gasteiger partial charge on any atom is 0.326 e. The van der Waals surface area contributed by atoms with E-state index in [4.69, 9.17) is 5.73 Å². The van der Waals surface area contributed by atoms with Gasteiger partial charge in [0.2, 0.25) is 130 Å².